The number of nitrogens with zero attached hydrogens (tertiary/aromatic N) is 1. The van der Waals surface area contributed by atoms with Crippen LogP contribution in [0.15, 0.2) is 51.8 Å². The van der Waals surface area contributed by atoms with Gasteiger partial charge in [0.05, 0.1) is 12.7 Å². The molecule has 0 atom stereocenters. The zero-order chi connectivity index (χ0) is 19.4. The second kappa shape index (κ2) is 7.69. The molecule has 2 aromatic heterocycles. The quantitative estimate of drug-likeness (QED) is 0.544. The molecule has 3 aromatic rings. The van der Waals surface area contributed by atoms with Crippen molar-refractivity contribution < 1.29 is 23.5 Å². The first-order chi connectivity index (χ1) is 13.0. The van der Waals surface area contributed by atoms with Gasteiger partial charge in [0, 0.05) is 48.0 Å². The summed E-state index contributed by atoms with van der Waals surface area (Å²) in [6.07, 6.45) is 1.35. The van der Waals surface area contributed by atoms with Crippen molar-refractivity contribution in [3.63, 3.8) is 0 Å². The van der Waals surface area contributed by atoms with Gasteiger partial charge in [0.25, 0.3) is 0 Å². The number of benzene rings is 1. The SMILES string of the molecule is COc1ccc(C(=O)OCc2cc(=O)oc3cc(NC(C)=O)ccc23)cn1. The second-order valence-corrected chi connectivity index (χ2v) is 5.65. The van der Waals surface area contributed by atoms with Gasteiger partial charge in [-0.1, -0.05) is 0 Å². The third-order valence-electron chi connectivity index (χ3n) is 3.69. The van der Waals surface area contributed by atoms with Crippen LogP contribution < -0.4 is 15.7 Å². The third kappa shape index (κ3) is 4.30. The summed E-state index contributed by atoms with van der Waals surface area (Å²) < 4.78 is 15.4. The fraction of sp³-hybridized carbons (Fsp3) is 0.158. The summed E-state index contributed by atoms with van der Waals surface area (Å²) in [5, 5.41) is 3.21. The van der Waals surface area contributed by atoms with Crippen molar-refractivity contribution >= 4 is 28.5 Å². The maximum Gasteiger partial charge on any atom is 0.340 e. The first-order valence-electron chi connectivity index (χ1n) is 7.98. The Balaban J connectivity index is 1.82. The predicted molar refractivity (Wildman–Crippen MR) is 96.7 cm³/mol. The molecule has 1 N–H and O–H groups in total. The zero-order valence-corrected chi connectivity index (χ0v) is 14.6. The molecule has 0 fully saturated rings. The van der Waals surface area contributed by atoms with E-state index in [1.54, 1.807) is 18.2 Å². The summed E-state index contributed by atoms with van der Waals surface area (Å²) in [4.78, 5) is 39.1. The summed E-state index contributed by atoms with van der Waals surface area (Å²) in [5.74, 6) is -0.440. The number of amides is 1. The van der Waals surface area contributed by atoms with Crippen LogP contribution in [0.4, 0.5) is 5.69 Å². The maximum atomic E-state index is 12.2. The van der Waals surface area contributed by atoms with E-state index in [4.69, 9.17) is 13.9 Å². The van der Waals surface area contributed by atoms with E-state index in [-0.39, 0.29) is 23.7 Å². The number of esters is 1. The molecule has 0 bridgehead atoms. The molecule has 27 heavy (non-hydrogen) atoms. The largest absolute Gasteiger partial charge is 0.481 e. The lowest BCUT2D eigenvalue weighted by Crippen LogP contribution is -2.09. The molecule has 1 aromatic carbocycles. The number of ether oxygens (including phenoxy) is 2. The standard InChI is InChI=1S/C19H16N2O6/c1-11(22)21-14-4-5-15-13(7-18(23)27-16(15)8-14)10-26-19(24)12-3-6-17(25-2)20-9-12/h3-9H,10H2,1-2H3,(H,21,22). The number of carbonyl (C=O) groups excluding carboxylic acids is 2. The summed E-state index contributed by atoms with van der Waals surface area (Å²) in [7, 11) is 1.48. The Morgan fingerprint density at radius 2 is 2.00 bits per heavy atom. The van der Waals surface area contributed by atoms with Crippen LogP contribution in [-0.4, -0.2) is 24.0 Å². The number of methoxy groups -OCH3 is 1. The fourth-order valence-corrected chi connectivity index (χ4v) is 2.48. The number of anilines is 1. The van der Waals surface area contributed by atoms with Crippen molar-refractivity contribution in [3.8, 4) is 5.88 Å². The first-order valence-corrected chi connectivity index (χ1v) is 7.98. The van der Waals surface area contributed by atoms with Crippen LogP contribution >= 0.6 is 0 Å². The Labute approximate surface area is 153 Å². The van der Waals surface area contributed by atoms with Gasteiger partial charge in [-0.2, -0.15) is 0 Å². The van der Waals surface area contributed by atoms with Crippen LogP contribution in [0.3, 0.4) is 0 Å². The number of hydrogen-bond donors (Lipinski definition) is 1. The van der Waals surface area contributed by atoms with Gasteiger partial charge in [0.2, 0.25) is 11.8 Å². The Bertz CT molecular complexity index is 1060. The predicted octanol–water partition coefficient (Wildman–Crippen LogP) is 2.51. The number of pyridine rings is 1. The number of hydrogen-bond acceptors (Lipinski definition) is 7. The minimum atomic E-state index is -0.584. The summed E-state index contributed by atoms with van der Waals surface area (Å²) >= 11 is 0. The number of nitrogens with one attached hydrogen (secondary N) is 1. The van der Waals surface area contributed by atoms with Crippen molar-refractivity contribution in [2.75, 3.05) is 12.4 Å². The zero-order valence-electron chi connectivity index (χ0n) is 14.6. The number of aromatic nitrogens is 1. The first kappa shape index (κ1) is 18.1. The van der Waals surface area contributed by atoms with Gasteiger partial charge in [-0.05, 0) is 18.2 Å². The molecule has 0 saturated carbocycles. The van der Waals surface area contributed by atoms with E-state index in [1.165, 1.54) is 38.4 Å². The number of fused-ring (bicyclic) bond motifs is 1. The van der Waals surface area contributed by atoms with Crippen LogP contribution in [0, 0.1) is 0 Å². The average Bonchev–Trinajstić information content (AvgIpc) is 2.65. The highest BCUT2D eigenvalue weighted by molar-refractivity contribution is 5.92. The van der Waals surface area contributed by atoms with E-state index < -0.39 is 11.6 Å². The molecule has 2 heterocycles. The molecule has 0 spiro atoms. The lowest BCUT2D eigenvalue weighted by Gasteiger charge is -2.09. The van der Waals surface area contributed by atoms with Crippen LogP contribution in [0.2, 0.25) is 0 Å². The summed E-state index contributed by atoms with van der Waals surface area (Å²) in [6, 6.07) is 9.24. The van der Waals surface area contributed by atoms with Crippen molar-refractivity contribution in [3.05, 3.63) is 64.1 Å². The van der Waals surface area contributed by atoms with Crippen LogP contribution in [0.5, 0.6) is 5.88 Å². The van der Waals surface area contributed by atoms with E-state index in [0.717, 1.165) is 0 Å². The lowest BCUT2D eigenvalue weighted by atomic mass is 10.1. The maximum absolute atomic E-state index is 12.2. The molecule has 8 nitrogen and oxygen atoms in total. The van der Waals surface area contributed by atoms with Crippen LogP contribution in [0.25, 0.3) is 11.0 Å². The Kier molecular flexibility index (Phi) is 5.16. The monoisotopic (exact) mass is 368 g/mol. The van der Waals surface area contributed by atoms with Gasteiger partial charge in [-0.15, -0.1) is 0 Å². The molecule has 0 aliphatic heterocycles. The molecule has 0 unspecified atom stereocenters. The number of rotatable bonds is 5. The summed E-state index contributed by atoms with van der Waals surface area (Å²) in [5.41, 5.74) is 0.948. The lowest BCUT2D eigenvalue weighted by molar-refractivity contribution is -0.114. The van der Waals surface area contributed by atoms with E-state index in [9.17, 15) is 14.4 Å². The molecular formula is C19H16N2O6. The molecule has 8 heteroatoms. The minimum Gasteiger partial charge on any atom is -0.481 e. The summed E-state index contributed by atoms with van der Waals surface area (Å²) in [6.45, 7) is 1.26. The third-order valence-corrected chi connectivity index (χ3v) is 3.69. The minimum absolute atomic E-state index is 0.119. The van der Waals surface area contributed by atoms with Gasteiger partial charge in [-0.25, -0.2) is 14.6 Å². The topological polar surface area (TPSA) is 108 Å². The molecule has 138 valence electrons. The van der Waals surface area contributed by atoms with Crippen molar-refractivity contribution in [2.24, 2.45) is 0 Å². The van der Waals surface area contributed by atoms with Gasteiger partial charge >= 0.3 is 11.6 Å². The van der Waals surface area contributed by atoms with Crippen molar-refractivity contribution in [1.29, 1.82) is 0 Å². The molecule has 0 radical (unpaired) electrons. The van der Waals surface area contributed by atoms with E-state index in [1.807, 2.05) is 0 Å². The van der Waals surface area contributed by atoms with Gasteiger partial charge in [-0.3, -0.25) is 4.79 Å². The van der Waals surface area contributed by atoms with Crippen molar-refractivity contribution in [2.45, 2.75) is 13.5 Å². The Morgan fingerprint density at radius 1 is 1.19 bits per heavy atom. The highest BCUT2D eigenvalue weighted by atomic mass is 16.5. The van der Waals surface area contributed by atoms with E-state index in [2.05, 4.69) is 10.3 Å². The molecule has 3 rings (SSSR count). The molecule has 0 aliphatic rings. The number of carbonyl (C=O) groups is 2. The van der Waals surface area contributed by atoms with E-state index >= 15 is 0 Å². The Hall–Kier alpha value is -3.68. The Morgan fingerprint density at radius 3 is 2.67 bits per heavy atom. The van der Waals surface area contributed by atoms with Crippen LogP contribution in [0.1, 0.15) is 22.8 Å². The second-order valence-electron chi connectivity index (χ2n) is 5.65. The van der Waals surface area contributed by atoms with Crippen molar-refractivity contribution in [1.82, 2.24) is 4.98 Å². The van der Waals surface area contributed by atoms with Gasteiger partial charge in [0.1, 0.15) is 12.2 Å². The van der Waals surface area contributed by atoms with Gasteiger partial charge in [0.15, 0.2) is 0 Å². The smallest absolute Gasteiger partial charge is 0.340 e. The molecule has 0 saturated heterocycles. The normalized spacial score (nSPS) is 10.4. The highest BCUT2D eigenvalue weighted by Gasteiger charge is 2.12. The molecule has 0 aliphatic carbocycles. The molecular weight excluding hydrogens is 352 g/mol. The average molecular weight is 368 g/mol. The van der Waals surface area contributed by atoms with Crippen LogP contribution in [-0.2, 0) is 16.1 Å². The van der Waals surface area contributed by atoms with Gasteiger partial charge < -0.3 is 19.2 Å². The van der Waals surface area contributed by atoms with E-state index in [0.29, 0.717) is 22.5 Å². The highest BCUT2D eigenvalue weighted by Crippen LogP contribution is 2.22. The fourth-order valence-electron chi connectivity index (χ4n) is 2.48. The molecule has 1 amide bonds.